The molecule has 2 heterocycles. The summed E-state index contributed by atoms with van der Waals surface area (Å²) in [5, 5.41) is 15.1. The number of carbonyl (C=O) groups excluding carboxylic acids is 1. The van der Waals surface area contributed by atoms with Crippen LogP contribution in [-0.4, -0.2) is 32.7 Å². The first-order valence-corrected chi connectivity index (χ1v) is 9.96. The molecule has 2 aromatic carbocycles. The predicted molar refractivity (Wildman–Crippen MR) is 117 cm³/mol. The third-order valence-corrected chi connectivity index (χ3v) is 5.37. The maximum atomic E-state index is 12.3. The zero-order valence-corrected chi connectivity index (χ0v) is 16.6. The molecule has 0 radical (unpaired) electrons. The number of nitrogens with zero attached hydrogens (tertiary/aromatic N) is 3. The van der Waals surface area contributed by atoms with Gasteiger partial charge in [-0.2, -0.15) is 0 Å². The molecule has 148 valence electrons. The van der Waals surface area contributed by atoms with Gasteiger partial charge in [0.05, 0.1) is 28.4 Å². The summed E-state index contributed by atoms with van der Waals surface area (Å²) in [6, 6.07) is 14.2. The van der Waals surface area contributed by atoms with Gasteiger partial charge in [0.2, 0.25) is 5.82 Å². The SMILES string of the molecule is C#Cc1nccc(NC(=O)N[C@@H](CO)c2ccc(-c3cccc4ncsc34)cc2)n1. The van der Waals surface area contributed by atoms with Crippen LogP contribution in [-0.2, 0) is 0 Å². The number of rotatable bonds is 5. The summed E-state index contributed by atoms with van der Waals surface area (Å²) in [5.74, 6) is 2.77. The molecule has 0 saturated carbocycles. The highest BCUT2D eigenvalue weighted by Gasteiger charge is 2.15. The molecule has 4 aromatic rings. The standard InChI is InChI=1S/C22H17N5O2S/c1-2-19-23-11-10-20(26-19)27-22(29)25-18(12-28)15-8-6-14(7-9-15)16-4-3-5-17-21(16)30-13-24-17/h1,3-11,13,18,28H,12H2,(H2,23,25,26,27,29)/t18-/m0/s1. The van der Waals surface area contributed by atoms with Gasteiger partial charge in [0.15, 0.2) is 0 Å². The van der Waals surface area contributed by atoms with Crippen molar-refractivity contribution in [3.63, 3.8) is 0 Å². The molecule has 2 aromatic heterocycles. The Bertz CT molecular complexity index is 1230. The molecule has 0 aliphatic rings. The minimum atomic E-state index is -0.577. The van der Waals surface area contributed by atoms with Crippen LogP contribution in [0.3, 0.4) is 0 Å². The van der Waals surface area contributed by atoms with Crippen LogP contribution in [0.5, 0.6) is 0 Å². The second-order valence-corrected chi connectivity index (χ2v) is 7.23. The van der Waals surface area contributed by atoms with E-state index in [1.807, 2.05) is 41.9 Å². The smallest absolute Gasteiger partial charge is 0.320 e. The Morgan fingerprint density at radius 2 is 2.00 bits per heavy atom. The van der Waals surface area contributed by atoms with Crippen LogP contribution in [0.4, 0.5) is 10.6 Å². The Morgan fingerprint density at radius 3 is 2.77 bits per heavy atom. The summed E-state index contributed by atoms with van der Waals surface area (Å²) >= 11 is 1.60. The predicted octanol–water partition coefficient (Wildman–Crippen LogP) is 3.59. The summed E-state index contributed by atoms with van der Waals surface area (Å²) in [4.78, 5) is 24.6. The van der Waals surface area contributed by atoms with Gasteiger partial charge in [-0.15, -0.1) is 17.8 Å². The number of urea groups is 1. The molecule has 3 N–H and O–H groups in total. The molecule has 0 spiro atoms. The van der Waals surface area contributed by atoms with Crippen LogP contribution in [0.25, 0.3) is 21.3 Å². The van der Waals surface area contributed by atoms with E-state index in [1.54, 1.807) is 11.3 Å². The molecule has 0 unspecified atom stereocenters. The minimum absolute atomic E-state index is 0.179. The lowest BCUT2D eigenvalue weighted by Gasteiger charge is -2.17. The molecule has 30 heavy (non-hydrogen) atoms. The molecular formula is C22H17N5O2S. The van der Waals surface area contributed by atoms with Gasteiger partial charge in [-0.1, -0.05) is 36.4 Å². The van der Waals surface area contributed by atoms with E-state index in [1.165, 1.54) is 12.3 Å². The average molecular weight is 415 g/mol. The van der Waals surface area contributed by atoms with Gasteiger partial charge < -0.3 is 10.4 Å². The van der Waals surface area contributed by atoms with Crippen LogP contribution in [0, 0.1) is 12.3 Å². The van der Waals surface area contributed by atoms with Crippen molar-refractivity contribution in [2.45, 2.75) is 6.04 Å². The third kappa shape index (κ3) is 4.12. The van der Waals surface area contributed by atoms with E-state index in [9.17, 15) is 9.90 Å². The van der Waals surface area contributed by atoms with E-state index >= 15 is 0 Å². The summed E-state index contributed by atoms with van der Waals surface area (Å²) in [6.07, 6.45) is 6.73. The van der Waals surface area contributed by atoms with Gasteiger partial charge >= 0.3 is 6.03 Å². The number of hydrogen-bond donors (Lipinski definition) is 3. The number of fused-ring (bicyclic) bond motifs is 1. The second kappa shape index (κ2) is 8.69. The molecule has 2 amide bonds. The summed E-state index contributed by atoms with van der Waals surface area (Å²) in [6.45, 7) is -0.253. The fourth-order valence-corrected chi connectivity index (χ4v) is 3.88. The molecule has 7 nitrogen and oxygen atoms in total. The Labute approximate surface area is 176 Å². The molecule has 1 atom stereocenters. The lowest BCUT2D eigenvalue weighted by molar-refractivity contribution is 0.225. The van der Waals surface area contributed by atoms with Gasteiger partial charge in [0, 0.05) is 11.8 Å². The highest BCUT2D eigenvalue weighted by Crippen LogP contribution is 2.31. The Kier molecular flexibility index (Phi) is 5.66. The Balaban J connectivity index is 1.49. The summed E-state index contributed by atoms with van der Waals surface area (Å²) in [5.41, 5.74) is 5.71. The van der Waals surface area contributed by atoms with Crippen LogP contribution < -0.4 is 10.6 Å². The zero-order chi connectivity index (χ0) is 20.9. The number of carbonyl (C=O) groups is 1. The Morgan fingerprint density at radius 1 is 1.17 bits per heavy atom. The van der Waals surface area contributed by atoms with E-state index in [2.05, 4.69) is 37.6 Å². The lowest BCUT2D eigenvalue weighted by Crippen LogP contribution is -2.34. The van der Waals surface area contributed by atoms with Crippen molar-refractivity contribution in [2.75, 3.05) is 11.9 Å². The van der Waals surface area contributed by atoms with Gasteiger partial charge in [-0.3, -0.25) is 5.32 Å². The number of benzene rings is 2. The zero-order valence-electron chi connectivity index (χ0n) is 15.7. The minimum Gasteiger partial charge on any atom is -0.394 e. The lowest BCUT2D eigenvalue weighted by atomic mass is 10.0. The fourth-order valence-electron chi connectivity index (χ4n) is 3.05. The highest BCUT2D eigenvalue weighted by atomic mass is 32.1. The van der Waals surface area contributed by atoms with Crippen LogP contribution in [0.15, 0.2) is 60.2 Å². The van der Waals surface area contributed by atoms with Gasteiger partial charge in [-0.25, -0.2) is 19.7 Å². The molecule has 0 aliphatic carbocycles. The van der Waals surface area contributed by atoms with E-state index in [0.29, 0.717) is 0 Å². The molecule has 8 heteroatoms. The average Bonchev–Trinajstić information content (AvgIpc) is 3.27. The van der Waals surface area contributed by atoms with Gasteiger partial charge in [0.25, 0.3) is 0 Å². The molecule has 0 fully saturated rings. The molecule has 0 bridgehead atoms. The normalized spacial score (nSPS) is 11.6. The van der Waals surface area contributed by atoms with Crippen molar-refractivity contribution >= 4 is 33.4 Å². The first-order chi connectivity index (χ1) is 14.7. The van der Waals surface area contributed by atoms with Crippen molar-refractivity contribution in [3.05, 3.63) is 71.6 Å². The fraction of sp³-hybridized carbons (Fsp3) is 0.0909. The number of aliphatic hydroxyl groups is 1. The van der Waals surface area contributed by atoms with Crippen molar-refractivity contribution < 1.29 is 9.90 Å². The first-order valence-electron chi connectivity index (χ1n) is 9.08. The number of nitrogens with one attached hydrogen (secondary N) is 2. The molecule has 0 aliphatic heterocycles. The Hall–Kier alpha value is -3.80. The van der Waals surface area contributed by atoms with Crippen molar-refractivity contribution in [3.8, 4) is 23.5 Å². The van der Waals surface area contributed by atoms with Crippen molar-refractivity contribution in [2.24, 2.45) is 0 Å². The topological polar surface area (TPSA) is 100 Å². The number of hydrogen-bond acceptors (Lipinski definition) is 6. The number of amides is 2. The van der Waals surface area contributed by atoms with E-state index in [4.69, 9.17) is 6.42 Å². The second-order valence-electron chi connectivity index (χ2n) is 6.37. The monoisotopic (exact) mass is 415 g/mol. The van der Waals surface area contributed by atoms with Crippen LogP contribution in [0.1, 0.15) is 17.4 Å². The molecule has 4 rings (SSSR count). The summed E-state index contributed by atoms with van der Waals surface area (Å²) < 4.78 is 1.12. The number of terminal acetylenes is 1. The van der Waals surface area contributed by atoms with Crippen LogP contribution >= 0.6 is 11.3 Å². The number of anilines is 1. The van der Waals surface area contributed by atoms with Crippen molar-refractivity contribution in [1.29, 1.82) is 0 Å². The number of aromatic nitrogens is 3. The van der Waals surface area contributed by atoms with E-state index in [-0.39, 0.29) is 18.2 Å². The first kappa shape index (κ1) is 19.5. The van der Waals surface area contributed by atoms with Gasteiger partial charge in [0.1, 0.15) is 5.82 Å². The summed E-state index contributed by atoms with van der Waals surface area (Å²) in [7, 11) is 0. The quantitative estimate of drug-likeness (QED) is 0.433. The van der Waals surface area contributed by atoms with E-state index < -0.39 is 12.1 Å². The molecule has 0 saturated heterocycles. The maximum absolute atomic E-state index is 12.3. The third-order valence-electron chi connectivity index (χ3n) is 4.49. The van der Waals surface area contributed by atoms with Crippen LogP contribution in [0.2, 0.25) is 0 Å². The van der Waals surface area contributed by atoms with Gasteiger partial charge in [-0.05, 0) is 29.2 Å². The highest BCUT2D eigenvalue weighted by molar-refractivity contribution is 7.17. The van der Waals surface area contributed by atoms with E-state index in [0.717, 1.165) is 26.9 Å². The largest absolute Gasteiger partial charge is 0.394 e. The molecular weight excluding hydrogens is 398 g/mol. The number of aliphatic hydroxyl groups excluding tert-OH is 1. The van der Waals surface area contributed by atoms with Crippen molar-refractivity contribution in [1.82, 2.24) is 20.3 Å². The maximum Gasteiger partial charge on any atom is 0.320 e. The number of thiazole rings is 1.